The van der Waals surface area contributed by atoms with Gasteiger partial charge in [0.25, 0.3) is 5.91 Å². The summed E-state index contributed by atoms with van der Waals surface area (Å²) in [5, 5.41) is 2.95. The molecule has 0 spiro atoms. The maximum atomic E-state index is 12.3. The molecular formula is C21H25BrN2O2. The van der Waals surface area contributed by atoms with Gasteiger partial charge < -0.3 is 15.0 Å². The molecule has 1 amide bonds. The Hall–Kier alpha value is -2.01. The van der Waals surface area contributed by atoms with Gasteiger partial charge in [-0.15, -0.1) is 0 Å². The molecule has 0 radical (unpaired) electrons. The van der Waals surface area contributed by atoms with Crippen molar-refractivity contribution >= 4 is 27.5 Å². The van der Waals surface area contributed by atoms with E-state index in [9.17, 15) is 4.79 Å². The maximum Gasteiger partial charge on any atom is 0.261 e. The van der Waals surface area contributed by atoms with Crippen LogP contribution in [0.15, 0.2) is 46.9 Å². The first-order valence-electron chi connectivity index (χ1n) is 9.07. The molecule has 1 unspecified atom stereocenters. The van der Waals surface area contributed by atoms with E-state index >= 15 is 0 Å². The number of nitrogens with zero attached hydrogens (tertiary/aromatic N) is 1. The normalized spacial score (nSPS) is 15.0. The lowest BCUT2D eigenvalue weighted by molar-refractivity contribution is -0.127. The molecule has 4 nitrogen and oxygen atoms in total. The number of hydrogen-bond donors (Lipinski definition) is 1. The molecule has 0 saturated carbocycles. The molecule has 1 atom stereocenters. The Labute approximate surface area is 163 Å². The summed E-state index contributed by atoms with van der Waals surface area (Å²) in [5.74, 6) is 0.550. The van der Waals surface area contributed by atoms with Crippen molar-refractivity contribution in [2.75, 3.05) is 18.0 Å². The summed E-state index contributed by atoms with van der Waals surface area (Å²) in [5.41, 5.74) is 3.49. The number of rotatable bonds is 6. The topological polar surface area (TPSA) is 41.6 Å². The molecule has 1 heterocycles. The number of halogens is 1. The highest BCUT2D eigenvalue weighted by Crippen LogP contribution is 2.26. The SMILES string of the molecule is Cc1ccc(OC(C)C(=O)NCc2ccc(N3CCCC3)cc2)c(Br)c1. The summed E-state index contributed by atoms with van der Waals surface area (Å²) >= 11 is 3.47. The number of anilines is 1. The van der Waals surface area contributed by atoms with Gasteiger partial charge in [0.15, 0.2) is 6.10 Å². The lowest BCUT2D eigenvalue weighted by atomic mass is 10.2. The Morgan fingerprint density at radius 1 is 1.19 bits per heavy atom. The third-order valence-corrected chi connectivity index (χ3v) is 5.25. The zero-order valence-electron chi connectivity index (χ0n) is 15.3. The first kappa shape index (κ1) is 18.8. The minimum atomic E-state index is -0.558. The fraction of sp³-hybridized carbons (Fsp3) is 0.381. The van der Waals surface area contributed by atoms with Gasteiger partial charge in [0, 0.05) is 25.3 Å². The van der Waals surface area contributed by atoms with Crippen molar-refractivity contribution < 1.29 is 9.53 Å². The van der Waals surface area contributed by atoms with Crippen molar-refractivity contribution in [1.82, 2.24) is 5.32 Å². The first-order valence-corrected chi connectivity index (χ1v) is 9.86. The molecule has 1 N–H and O–H groups in total. The van der Waals surface area contributed by atoms with Gasteiger partial charge in [-0.1, -0.05) is 18.2 Å². The second kappa shape index (κ2) is 8.58. The molecule has 1 saturated heterocycles. The number of amides is 1. The smallest absolute Gasteiger partial charge is 0.261 e. The van der Waals surface area contributed by atoms with E-state index < -0.39 is 6.10 Å². The van der Waals surface area contributed by atoms with Crippen molar-refractivity contribution in [3.63, 3.8) is 0 Å². The van der Waals surface area contributed by atoms with E-state index in [1.807, 2.05) is 25.1 Å². The molecule has 3 rings (SSSR count). The number of benzene rings is 2. The summed E-state index contributed by atoms with van der Waals surface area (Å²) in [6.07, 6.45) is 1.98. The largest absolute Gasteiger partial charge is 0.480 e. The molecule has 2 aromatic carbocycles. The zero-order chi connectivity index (χ0) is 18.5. The van der Waals surface area contributed by atoms with E-state index in [2.05, 4.69) is 50.4 Å². The second-order valence-corrected chi connectivity index (χ2v) is 7.63. The van der Waals surface area contributed by atoms with Crippen LogP contribution in [0.25, 0.3) is 0 Å². The summed E-state index contributed by atoms with van der Waals surface area (Å²) in [6, 6.07) is 14.2. The third kappa shape index (κ3) is 4.79. The highest BCUT2D eigenvalue weighted by Gasteiger charge is 2.16. The van der Waals surface area contributed by atoms with Crippen molar-refractivity contribution in [1.29, 1.82) is 0 Å². The Balaban J connectivity index is 1.51. The molecule has 1 aliphatic heterocycles. The van der Waals surface area contributed by atoms with Gasteiger partial charge in [0.05, 0.1) is 4.47 Å². The fourth-order valence-corrected chi connectivity index (χ4v) is 3.66. The highest BCUT2D eigenvalue weighted by atomic mass is 79.9. The lowest BCUT2D eigenvalue weighted by Crippen LogP contribution is -2.36. The number of carbonyl (C=O) groups is 1. The summed E-state index contributed by atoms with van der Waals surface area (Å²) in [4.78, 5) is 14.7. The molecule has 1 aliphatic rings. The summed E-state index contributed by atoms with van der Waals surface area (Å²) in [6.45, 7) is 6.55. The minimum absolute atomic E-state index is 0.124. The molecule has 0 bridgehead atoms. The predicted molar refractivity (Wildman–Crippen MR) is 109 cm³/mol. The Kier molecular flexibility index (Phi) is 6.20. The van der Waals surface area contributed by atoms with E-state index in [1.165, 1.54) is 18.5 Å². The van der Waals surface area contributed by atoms with Crippen molar-refractivity contribution in [2.24, 2.45) is 0 Å². The second-order valence-electron chi connectivity index (χ2n) is 6.77. The van der Waals surface area contributed by atoms with Gasteiger partial charge in [-0.2, -0.15) is 0 Å². The minimum Gasteiger partial charge on any atom is -0.480 e. The average Bonchev–Trinajstić information content (AvgIpc) is 3.17. The number of nitrogens with one attached hydrogen (secondary N) is 1. The van der Waals surface area contributed by atoms with Crippen LogP contribution in [0.4, 0.5) is 5.69 Å². The van der Waals surface area contributed by atoms with Crippen LogP contribution in [0, 0.1) is 6.92 Å². The number of aryl methyl sites for hydroxylation is 1. The molecule has 0 aliphatic carbocycles. The van der Waals surface area contributed by atoms with E-state index in [-0.39, 0.29) is 5.91 Å². The highest BCUT2D eigenvalue weighted by molar-refractivity contribution is 9.10. The van der Waals surface area contributed by atoms with Crippen LogP contribution in [0.3, 0.4) is 0 Å². The summed E-state index contributed by atoms with van der Waals surface area (Å²) < 4.78 is 6.63. The van der Waals surface area contributed by atoms with Crippen LogP contribution >= 0.6 is 15.9 Å². The Morgan fingerprint density at radius 3 is 2.54 bits per heavy atom. The lowest BCUT2D eigenvalue weighted by Gasteiger charge is -2.18. The monoisotopic (exact) mass is 416 g/mol. The Bertz CT molecular complexity index is 755. The molecule has 5 heteroatoms. The molecule has 26 heavy (non-hydrogen) atoms. The van der Waals surface area contributed by atoms with E-state index in [0.29, 0.717) is 12.3 Å². The molecule has 0 aromatic heterocycles. The molecule has 1 fully saturated rings. The van der Waals surface area contributed by atoms with Gasteiger partial charge in [0.1, 0.15) is 5.75 Å². The first-order chi connectivity index (χ1) is 12.5. The molecule has 138 valence electrons. The van der Waals surface area contributed by atoms with Gasteiger partial charge in [-0.3, -0.25) is 4.79 Å². The number of ether oxygens (including phenoxy) is 1. The average molecular weight is 417 g/mol. The Morgan fingerprint density at radius 2 is 1.88 bits per heavy atom. The number of carbonyl (C=O) groups excluding carboxylic acids is 1. The van der Waals surface area contributed by atoms with Crippen molar-refractivity contribution in [3.05, 3.63) is 58.1 Å². The zero-order valence-corrected chi connectivity index (χ0v) is 16.9. The fourth-order valence-electron chi connectivity index (χ4n) is 3.08. The van der Waals surface area contributed by atoms with Crippen LogP contribution < -0.4 is 15.0 Å². The maximum absolute atomic E-state index is 12.3. The number of hydrogen-bond acceptors (Lipinski definition) is 3. The van der Waals surface area contributed by atoms with Gasteiger partial charge >= 0.3 is 0 Å². The van der Waals surface area contributed by atoms with Crippen LogP contribution in [0.5, 0.6) is 5.75 Å². The van der Waals surface area contributed by atoms with Crippen molar-refractivity contribution in [3.8, 4) is 5.75 Å². The van der Waals surface area contributed by atoms with Crippen LogP contribution in [0.2, 0.25) is 0 Å². The van der Waals surface area contributed by atoms with Gasteiger partial charge in [-0.05, 0) is 78.0 Å². The molecular weight excluding hydrogens is 392 g/mol. The van der Waals surface area contributed by atoms with E-state index in [1.54, 1.807) is 6.92 Å². The van der Waals surface area contributed by atoms with Gasteiger partial charge in [0.2, 0.25) is 0 Å². The van der Waals surface area contributed by atoms with E-state index in [4.69, 9.17) is 4.74 Å². The van der Waals surface area contributed by atoms with Crippen LogP contribution in [-0.4, -0.2) is 25.1 Å². The third-order valence-electron chi connectivity index (χ3n) is 4.63. The van der Waals surface area contributed by atoms with Crippen molar-refractivity contribution in [2.45, 2.75) is 39.3 Å². The predicted octanol–water partition coefficient (Wildman–Crippen LogP) is 4.44. The molecule has 2 aromatic rings. The summed E-state index contributed by atoms with van der Waals surface area (Å²) in [7, 11) is 0. The standard InChI is InChI=1S/C21H25BrN2O2/c1-15-5-10-20(19(22)13-15)26-16(2)21(25)23-14-17-6-8-18(9-7-17)24-11-3-4-12-24/h5-10,13,16H,3-4,11-12,14H2,1-2H3,(H,23,25). The van der Waals surface area contributed by atoms with Crippen LogP contribution in [0.1, 0.15) is 30.9 Å². The van der Waals surface area contributed by atoms with Gasteiger partial charge in [-0.25, -0.2) is 0 Å². The quantitative estimate of drug-likeness (QED) is 0.756. The van der Waals surface area contributed by atoms with E-state index in [0.717, 1.165) is 28.7 Å². The van der Waals surface area contributed by atoms with Crippen LogP contribution in [-0.2, 0) is 11.3 Å².